The van der Waals surface area contributed by atoms with E-state index in [1.165, 1.54) is 12.0 Å². The minimum atomic E-state index is -0.310. The van der Waals surface area contributed by atoms with E-state index in [1.807, 2.05) is 36.5 Å². The summed E-state index contributed by atoms with van der Waals surface area (Å²) in [4.78, 5) is 0. The Bertz CT molecular complexity index is 305. The Balaban J connectivity index is 2.34. The quantitative estimate of drug-likeness (QED) is 0.858. The van der Waals surface area contributed by atoms with Crippen molar-refractivity contribution in [1.29, 1.82) is 0 Å². The molecule has 1 aromatic carbocycles. The van der Waals surface area contributed by atoms with Crippen LogP contribution in [0.4, 0.5) is 0 Å². The van der Waals surface area contributed by atoms with Crippen molar-refractivity contribution in [3.63, 3.8) is 0 Å². The summed E-state index contributed by atoms with van der Waals surface area (Å²) in [5, 5.41) is 10.0. The number of aliphatic hydroxyl groups excluding tert-OH is 1. The number of thioether (sulfide) groups is 2. The van der Waals surface area contributed by atoms with Gasteiger partial charge in [0.1, 0.15) is 4.08 Å². The molecule has 1 aliphatic heterocycles. The van der Waals surface area contributed by atoms with Crippen LogP contribution < -0.4 is 0 Å². The molecule has 1 atom stereocenters. The number of benzene rings is 1. The molecule has 1 aromatic rings. The molecule has 2 rings (SSSR count). The van der Waals surface area contributed by atoms with Crippen molar-refractivity contribution in [1.82, 2.24) is 0 Å². The van der Waals surface area contributed by atoms with Crippen molar-refractivity contribution >= 4 is 23.5 Å². The van der Waals surface area contributed by atoms with E-state index in [9.17, 15) is 5.11 Å². The van der Waals surface area contributed by atoms with E-state index < -0.39 is 0 Å². The molecule has 1 heterocycles. The maximum atomic E-state index is 10.0. The highest BCUT2D eigenvalue weighted by atomic mass is 32.2. The lowest BCUT2D eigenvalue weighted by atomic mass is 10.1. The van der Waals surface area contributed by atoms with Gasteiger partial charge in [0.05, 0.1) is 6.10 Å². The van der Waals surface area contributed by atoms with E-state index in [1.54, 1.807) is 0 Å². The number of aliphatic hydroxyl groups is 1. The molecule has 0 amide bonds. The van der Waals surface area contributed by atoms with Gasteiger partial charge < -0.3 is 5.11 Å². The summed E-state index contributed by atoms with van der Waals surface area (Å²) in [5.41, 5.74) is 1.25. The summed E-state index contributed by atoms with van der Waals surface area (Å²) in [5.74, 6) is 2.29. The summed E-state index contributed by atoms with van der Waals surface area (Å²) < 4.78 is -0.139. The van der Waals surface area contributed by atoms with Crippen LogP contribution in [0.5, 0.6) is 0 Å². The first-order chi connectivity index (χ1) is 7.26. The second kappa shape index (κ2) is 4.81. The molecule has 1 unspecified atom stereocenters. The lowest BCUT2D eigenvalue weighted by Crippen LogP contribution is -2.34. The summed E-state index contributed by atoms with van der Waals surface area (Å²) in [7, 11) is 0. The predicted molar refractivity (Wildman–Crippen MR) is 69.3 cm³/mol. The van der Waals surface area contributed by atoms with Gasteiger partial charge in [0.15, 0.2) is 0 Å². The Morgan fingerprint density at radius 3 is 2.33 bits per heavy atom. The highest BCUT2D eigenvalue weighted by molar-refractivity contribution is 8.18. The van der Waals surface area contributed by atoms with E-state index >= 15 is 0 Å². The Kier molecular flexibility index (Phi) is 3.65. The molecule has 3 heteroatoms. The van der Waals surface area contributed by atoms with Gasteiger partial charge in [-0.15, -0.1) is 23.5 Å². The van der Waals surface area contributed by atoms with Crippen molar-refractivity contribution in [3.8, 4) is 0 Å². The van der Waals surface area contributed by atoms with Gasteiger partial charge in [-0.05, 0) is 30.4 Å². The van der Waals surface area contributed by atoms with Crippen LogP contribution in [0.1, 0.15) is 18.9 Å². The second-order valence-electron chi connectivity index (χ2n) is 3.76. The molecule has 0 radical (unpaired) electrons. The molecular formula is C12H16OS2. The van der Waals surface area contributed by atoms with Crippen LogP contribution in [-0.2, 0) is 4.08 Å². The number of rotatable bonds is 2. The monoisotopic (exact) mass is 240 g/mol. The van der Waals surface area contributed by atoms with Crippen LogP contribution in [0.15, 0.2) is 30.3 Å². The van der Waals surface area contributed by atoms with Crippen molar-refractivity contribution in [2.45, 2.75) is 23.5 Å². The van der Waals surface area contributed by atoms with Gasteiger partial charge in [-0.1, -0.05) is 30.3 Å². The lowest BCUT2D eigenvalue weighted by Gasteiger charge is -2.38. The molecule has 82 valence electrons. The van der Waals surface area contributed by atoms with Gasteiger partial charge in [-0.2, -0.15) is 0 Å². The number of hydrogen-bond donors (Lipinski definition) is 1. The van der Waals surface area contributed by atoms with Crippen LogP contribution >= 0.6 is 23.5 Å². The third-order valence-corrected chi connectivity index (χ3v) is 6.35. The predicted octanol–water partition coefficient (Wildman–Crippen LogP) is 3.09. The maximum Gasteiger partial charge on any atom is 0.112 e. The van der Waals surface area contributed by atoms with Crippen LogP contribution in [0.2, 0.25) is 0 Å². The topological polar surface area (TPSA) is 20.2 Å². The van der Waals surface area contributed by atoms with Crippen molar-refractivity contribution in [3.05, 3.63) is 35.9 Å². The third-order valence-electron chi connectivity index (χ3n) is 2.65. The fourth-order valence-corrected chi connectivity index (χ4v) is 5.16. The third kappa shape index (κ3) is 2.19. The summed E-state index contributed by atoms with van der Waals surface area (Å²) in [6.07, 6.45) is 0.937. The fourth-order valence-electron chi connectivity index (χ4n) is 1.87. The van der Waals surface area contributed by atoms with E-state index in [0.717, 1.165) is 11.5 Å². The molecule has 0 bridgehead atoms. The van der Waals surface area contributed by atoms with E-state index in [4.69, 9.17) is 0 Å². The van der Waals surface area contributed by atoms with Crippen molar-refractivity contribution in [2.24, 2.45) is 0 Å². The van der Waals surface area contributed by atoms with Crippen molar-refractivity contribution in [2.75, 3.05) is 11.5 Å². The fraction of sp³-hybridized carbons (Fsp3) is 0.500. The molecule has 1 nitrogen and oxygen atoms in total. The molecule has 1 N–H and O–H groups in total. The summed E-state index contributed by atoms with van der Waals surface area (Å²) in [6, 6.07) is 10.4. The minimum absolute atomic E-state index is 0.139. The average Bonchev–Trinajstić information content (AvgIpc) is 2.31. The van der Waals surface area contributed by atoms with Gasteiger partial charge in [0.2, 0.25) is 0 Å². The van der Waals surface area contributed by atoms with Gasteiger partial charge in [0, 0.05) is 0 Å². The normalized spacial score (nSPS) is 22.3. The lowest BCUT2D eigenvalue weighted by molar-refractivity contribution is 0.180. The highest BCUT2D eigenvalue weighted by Gasteiger charge is 2.39. The summed E-state index contributed by atoms with van der Waals surface area (Å²) in [6.45, 7) is 1.90. The Labute approximate surface area is 99.7 Å². The molecule has 0 aromatic heterocycles. The Morgan fingerprint density at radius 2 is 1.80 bits per heavy atom. The standard InChI is InChI=1S/C12H16OS2/c1-10(13)12(14-8-5-9-15-12)11-6-3-2-4-7-11/h2-4,6-7,10,13H,5,8-9H2,1H3. The van der Waals surface area contributed by atoms with Gasteiger partial charge in [-0.25, -0.2) is 0 Å². The molecule has 0 saturated carbocycles. The van der Waals surface area contributed by atoms with E-state index in [0.29, 0.717) is 0 Å². The first-order valence-corrected chi connectivity index (χ1v) is 7.24. The van der Waals surface area contributed by atoms with Gasteiger partial charge in [-0.3, -0.25) is 0 Å². The van der Waals surface area contributed by atoms with Gasteiger partial charge >= 0.3 is 0 Å². The van der Waals surface area contributed by atoms with Crippen LogP contribution in [-0.4, -0.2) is 22.7 Å². The molecular weight excluding hydrogens is 224 g/mol. The average molecular weight is 240 g/mol. The molecule has 1 fully saturated rings. The maximum absolute atomic E-state index is 10.0. The first-order valence-electron chi connectivity index (χ1n) is 5.27. The smallest absolute Gasteiger partial charge is 0.112 e. The Morgan fingerprint density at radius 1 is 1.20 bits per heavy atom. The SMILES string of the molecule is CC(O)C1(c2ccccc2)SCCCS1. The van der Waals surface area contributed by atoms with E-state index in [-0.39, 0.29) is 10.2 Å². The van der Waals surface area contributed by atoms with E-state index in [2.05, 4.69) is 24.3 Å². The van der Waals surface area contributed by atoms with Gasteiger partial charge in [0.25, 0.3) is 0 Å². The molecule has 1 aliphatic rings. The minimum Gasteiger partial charge on any atom is -0.391 e. The highest BCUT2D eigenvalue weighted by Crippen LogP contribution is 2.52. The molecule has 0 spiro atoms. The zero-order valence-electron chi connectivity index (χ0n) is 8.85. The first kappa shape index (κ1) is 11.4. The zero-order chi connectivity index (χ0) is 10.7. The van der Waals surface area contributed by atoms with Crippen LogP contribution in [0.25, 0.3) is 0 Å². The van der Waals surface area contributed by atoms with Crippen LogP contribution in [0, 0.1) is 0 Å². The molecule has 15 heavy (non-hydrogen) atoms. The number of hydrogen-bond acceptors (Lipinski definition) is 3. The molecule has 1 saturated heterocycles. The summed E-state index contributed by atoms with van der Waals surface area (Å²) >= 11 is 3.77. The van der Waals surface area contributed by atoms with Crippen LogP contribution in [0.3, 0.4) is 0 Å². The second-order valence-corrected chi connectivity index (χ2v) is 6.70. The zero-order valence-corrected chi connectivity index (χ0v) is 10.5. The van der Waals surface area contributed by atoms with Crippen molar-refractivity contribution < 1.29 is 5.11 Å². The largest absolute Gasteiger partial charge is 0.391 e. The molecule has 0 aliphatic carbocycles. The Hall–Kier alpha value is -0.120.